The van der Waals surface area contributed by atoms with Crippen molar-refractivity contribution in [3.63, 3.8) is 0 Å². The number of likely N-dealkylation sites (N-methyl/N-ethyl adjacent to an activating group) is 1. The molecular formula is C22H31N3O5. The number of carbonyl (C=O) groups excluding carboxylic acids is 2. The van der Waals surface area contributed by atoms with E-state index in [1.807, 2.05) is 51.0 Å². The predicted octanol–water partition coefficient (Wildman–Crippen LogP) is 1.32. The zero-order valence-electron chi connectivity index (χ0n) is 18.3. The van der Waals surface area contributed by atoms with Gasteiger partial charge < -0.3 is 29.4 Å². The van der Waals surface area contributed by atoms with Crippen molar-refractivity contribution in [1.29, 1.82) is 0 Å². The first-order chi connectivity index (χ1) is 14.2. The molecule has 30 heavy (non-hydrogen) atoms. The fraction of sp³-hybridized carbons (Fsp3) is 0.545. The third-order valence-corrected chi connectivity index (χ3v) is 5.60. The molecule has 1 aromatic carbocycles. The van der Waals surface area contributed by atoms with Crippen LogP contribution in [-0.4, -0.2) is 85.3 Å². The van der Waals surface area contributed by atoms with Crippen LogP contribution in [0.1, 0.15) is 28.6 Å². The van der Waals surface area contributed by atoms with Gasteiger partial charge in [0.25, 0.3) is 5.91 Å². The SMILES string of the molecule is Cc1c(C(=O)N2CC(CO)(NC(=O)C(C)OCCN(C)C)C2)oc2c(C)cccc12. The first kappa shape index (κ1) is 22.3. The minimum Gasteiger partial charge on any atom is -0.450 e. The van der Waals surface area contributed by atoms with Gasteiger partial charge >= 0.3 is 0 Å². The molecule has 2 amide bonds. The van der Waals surface area contributed by atoms with Gasteiger partial charge in [0.1, 0.15) is 11.7 Å². The van der Waals surface area contributed by atoms with Crippen molar-refractivity contribution in [3.05, 3.63) is 35.1 Å². The molecule has 0 aliphatic carbocycles. The van der Waals surface area contributed by atoms with Gasteiger partial charge in [0.15, 0.2) is 5.76 Å². The number of aryl methyl sites for hydroxylation is 2. The van der Waals surface area contributed by atoms with Crippen LogP contribution >= 0.6 is 0 Å². The van der Waals surface area contributed by atoms with Gasteiger partial charge in [-0.05, 0) is 40.4 Å². The molecule has 2 aromatic rings. The third-order valence-electron chi connectivity index (χ3n) is 5.60. The van der Waals surface area contributed by atoms with E-state index in [9.17, 15) is 14.7 Å². The Balaban J connectivity index is 1.62. The number of hydrogen-bond acceptors (Lipinski definition) is 6. The van der Waals surface area contributed by atoms with Crippen LogP contribution in [0.5, 0.6) is 0 Å². The molecule has 164 valence electrons. The summed E-state index contributed by atoms with van der Waals surface area (Å²) in [6, 6.07) is 5.81. The Morgan fingerprint density at radius 2 is 2.03 bits per heavy atom. The molecule has 1 aliphatic heterocycles. The van der Waals surface area contributed by atoms with Crippen LogP contribution in [0.15, 0.2) is 22.6 Å². The van der Waals surface area contributed by atoms with Crippen molar-refractivity contribution in [1.82, 2.24) is 15.1 Å². The molecule has 2 heterocycles. The number of aliphatic hydroxyl groups is 1. The van der Waals surface area contributed by atoms with Gasteiger partial charge in [-0.3, -0.25) is 9.59 Å². The molecule has 0 bridgehead atoms. The molecular weight excluding hydrogens is 386 g/mol. The van der Waals surface area contributed by atoms with Crippen molar-refractivity contribution < 1.29 is 23.8 Å². The quantitative estimate of drug-likeness (QED) is 0.673. The average molecular weight is 418 g/mol. The van der Waals surface area contributed by atoms with Gasteiger partial charge in [-0.1, -0.05) is 18.2 Å². The molecule has 1 saturated heterocycles. The smallest absolute Gasteiger partial charge is 0.290 e. The Morgan fingerprint density at radius 1 is 1.33 bits per heavy atom. The summed E-state index contributed by atoms with van der Waals surface area (Å²) < 4.78 is 11.4. The van der Waals surface area contributed by atoms with E-state index in [1.54, 1.807) is 11.8 Å². The number of carbonyl (C=O) groups is 2. The number of fused-ring (bicyclic) bond motifs is 1. The maximum atomic E-state index is 13.0. The van der Waals surface area contributed by atoms with E-state index in [1.165, 1.54) is 0 Å². The van der Waals surface area contributed by atoms with Crippen molar-refractivity contribution in [2.45, 2.75) is 32.4 Å². The van der Waals surface area contributed by atoms with E-state index in [-0.39, 0.29) is 31.5 Å². The van der Waals surface area contributed by atoms with Gasteiger partial charge in [-0.2, -0.15) is 0 Å². The number of rotatable bonds is 8. The van der Waals surface area contributed by atoms with Crippen molar-refractivity contribution in [3.8, 4) is 0 Å². The first-order valence-electron chi connectivity index (χ1n) is 10.1. The number of amides is 2. The van der Waals surface area contributed by atoms with Gasteiger partial charge in [-0.25, -0.2) is 0 Å². The molecule has 1 unspecified atom stereocenters. The maximum Gasteiger partial charge on any atom is 0.290 e. The van der Waals surface area contributed by atoms with Gasteiger partial charge in [0.2, 0.25) is 5.91 Å². The summed E-state index contributed by atoms with van der Waals surface area (Å²) in [7, 11) is 3.86. The highest BCUT2D eigenvalue weighted by Gasteiger charge is 2.47. The average Bonchev–Trinajstić information content (AvgIpc) is 3.01. The van der Waals surface area contributed by atoms with Crippen LogP contribution in [0, 0.1) is 13.8 Å². The Bertz CT molecular complexity index is 930. The first-order valence-corrected chi connectivity index (χ1v) is 10.1. The number of aliphatic hydroxyl groups excluding tert-OH is 1. The van der Waals surface area contributed by atoms with E-state index in [2.05, 4.69) is 5.32 Å². The van der Waals surface area contributed by atoms with E-state index in [0.717, 1.165) is 16.5 Å². The minimum absolute atomic E-state index is 0.216. The highest BCUT2D eigenvalue weighted by Crippen LogP contribution is 2.31. The molecule has 1 aromatic heterocycles. The zero-order valence-corrected chi connectivity index (χ0v) is 18.3. The summed E-state index contributed by atoms with van der Waals surface area (Å²) in [6.07, 6.45) is -0.640. The maximum absolute atomic E-state index is 13.0. The molecule has 0 radical (unpaired) electrons. The Hall–Kier alpha value is -2.42. The largest absolute Gasteiger partial charge is 0.450 e. The number of likely N-dealkylation sites (tertiary alicyclic amines) is 1. The third kappa shape index (κ3) is 4.35. The van der Waals surface area contributed by atoms with E-state index in [0.29, 0.717) is 24.5 Å². The topological polar surface area (TPSA) is 95.3 Å². The highest BCUT2D eigenvalue weighted by molar-refractivity contribution is 6.00. The van der Waals surface area contributed by atoms with E-state index >= 15 is 0 Å². The summed E-state index contributed by atoms with van der Waals surface area (Å²) in [4.78, 5) is 29.0. The lowest BCUT2D eigenvalue weighted by atomic mass is 9.89. The van der Waals surface area contributed by atoms with Crippen molar-refractivity contribution in [2.24, 2.45) is 0 Å². The second-order valence-corrected chi connectivity index (χ2v) is 8.41. The summed E-state index contributed by atoms with van der Waals surface area (Å²) in [5.74, 6) is -0.236. The molecule has 0 spiro atoms. The van der Waals surface area contributed by atoms with Gasteiger partial charge in [0, 0.05) is 30.6 Å². The fourth-order valence-electron chi connectivity index (χ4n) is 3.63. The lowest BCUT2D eigenvalue weighted by molar-refractivity contribution is -0.137. The molecule has 1 aliphatic rings. The summed E-state index contributed by atoms with van der Waals surface area (Å²) >= 11 is 0. The van der Waals surface area contributed by atoms with Crippen LogP contribution in [0.2, 0.25) is 0 Å². The lowest BCUT2D eigenvalue weighted by Gasteiger charge is -2.49. The highest BCUT2D eigenvalue weighted by atomic mass is 16.5. The fourth-order valence-corrected chi connectivity index (χ4v) is 3.63. The zero-order chi connectivity index (χ0) is 22.1. The van der Waals surface area contributed by atoms with Crippen LogP contribution in [0.25, 0.3) is 11.0 Å². The van der Waals surface area contributed by atoms with Crippen LogP contribution < -0.4 is 5.32 Å². The molecule has 0 saturated carbocycles. The Labute approximate surface area is 176 Å². The number of para-hydroxylation sites is 1. The molecule has 8 nitrogen and oxygen atoms in total. The number of furan rings is 1. The van der Waals surface area contributed by atoms with Crippen LogP contribution in [0.3, 0.4) is 0 Å². The summed E-state index contributed by atoms with van der Waals surface area (Å²) in [5, 5.41) is 13.6. The van der Waals surface area contributed by atoms with Crippen molar-refractivity contribution in [2.75, 3.05) is 46.9 Å². The number of hydrogen-bond donors (Lipinski definition) is 2. The Kier molecular flexibility index (Phi) is 6.50. The molecule has 3 rings (SSSR count). The van der Waals surface area contributed by atoms with Crippen LogP contribution in [-0.2, 0) is 9.53 Å². The van der Waals surface area contributed by atoms with Crippen molar-refractivity contribution >= 4 is 22.8 Å². The predicted molar refractivity (Wildman–Crippen MR) is 114 cm³/mol. The second kappa shape index (κ2) is 8.75. The number of ether oxygens (including phenoxy) is 1. The number of benzene rings is 1. The Morgan fingerprint density at radius 3 is 2.63 bits per heavy atom. The number of nitrogens with one attached hydrogen (secondary N) is 1. The second-order valence-electron chi connectivity index (χ2n) is 8.41. The minimum atomic E-state index is -0.859. The molecule has 1 atom stereocenters. The summed E-state index contributed by atoms with van der Waals surface area (Å²) in [5.41, 5.74) is 1.62. The standard InChI is InChI=1S/C22H31N3O5/c1-14-7-6-8-17-15(2)19(30-18(14)17)21(28)25-11-22(12-25,13-26)23-20(27)16(3)29-10-9-24(4)5/h6-8,16,26H,9-13H2,1-5H3,(H,23,27). The van der Waals surface area contributed by atoms with E-state index in [4.69, 9.17) is 9.15 Å². The van der Waals surface area contributed by atoms with E-state index < -0.39 is 11.6 Å². The molecule has 1 fully saturated rings. The molecule has 8 heteroatoms. The normalized spacial score (nSPS) is 16.6. The summed E-state index contributed by atoms with van der Waals surface area (Å²) in [6.45, 7) is 6.80. The van der Waals surface area contributed by atoms with Gasteiger partial charge in [0.05, 0.1) is 18.8 Å². The monoisotopic (exact) mass is 417 g/mol. The number of nitrogens with zero attached hydrogens (tertiary/aromatic N) is 2. The lowest BCUT2D eigenvalue weighted by Crippen LogP contribution is -2.73. The van der Waals surface area contributed by atoms with Crippen LogP contribution in [0.4, 0.5) is 0 Å². The molecule has 2 N–H and O–H groups in total. The van der Waals surface area contributed by atoms with Gasteiger partial charge in [-0.15, -0.1) is 0 Å².